The molecule has 1 aliphatic carbocycles. The van der Waals surface area contributed by atoms with Crippen molar-refractivity contribution >= 4 is 34.4 Å². The molecule has 3 heterocycles. The van der Waals surface area contributed by atoms with E-state index in [1.165, 1.54) is 43.9 Å². The maximum absolute atomic E-state index is 13.2. The molecule has 158 valence electrons. The fourth-order valence-corrected chi connectivity index (χ4v) is 6.33. The number of nitrogens with two attached hydrogens (primary N) is 1. The second-order valence-electron chi connectivity index (χ2n) is 8.82. The van der Waals surface area contributed by atoms with Crippen LogP contribution in [0.2, 0.25) is 0 Å². The number of nitrogens with one attached hydrogen (secondary N) is 1. The highest BCUT2D eigenvalue weighted by Gasteiger charge is 2.42. The van der Waals surface area contributed by atoms with Gasteiger partial charge in [0.2, 0.25) is 5.95 Å². The highest BCUT2D eigenvalue weighted by atomic mass is 32.2. The summed E-state index contributed by atoms with van der Waals surface area (Å²) >= 11 is 1.36. The number of hydrogen-bond donors (Lipinski definition) is 2. The van der Waals surface area contributed by atoms with Crippen molar-refractivity contribution in [3.63, 3.8) is 0 Å². The Morgan fingerprint density at radius 2 is 2.07 bits per heavy atom. The van der Waals surface area contributed by atoms with Crippen LogP contribution in [-0.4, -0.2) is 32.8 Å². The monoisotopic (exact) mass is 424 g/mol. The van der Waals surface area contributed by atoms with Gasteiger partial charge in [-0.1, -0.05) is 37.6 Å². The number of anilines is 2. The maximum atomic E-state index is 13.2. The van der Waals surface area contributed by atoms with Gasteiger partial charge in [0.05, 0.1) is 11.7 Å². The number of fused-ring (bicyclic) bond motifs is 1. The largest absolute Gasteiger partial charge is 0.382 e. The van der Waals surface area contributed by atoms with Crippen LogP contribution in [0, 0.1) is 11.3 Å². The number of aromatic nitrogens is 4. The molecule has 1 saturated heterocycles. The van der Waals surface area contributed by atoms with Gasteiger partial charge in [-0.25, -0.2) is 0 Å². The van der Waals surface area contributed by atoms with Gasteiger partial charge in [0.15, 0.2) is 0 Å². The lowest BCUT2D eigenvalue weighted by molar-refractivity contribution is 0.161. The van der Waals surface area contributed by atoms with Gasteiger partial charge in [-0.3, -0.25) is 14.5 Å². The molecule has 1 spiro atoms. The van der Waals surface area contributed by atoms with Gasteiger partial charge in [0.25, 0.3) is 5.56 Å². The van der Waals surface area contributed by atoms with E-state index < -0.39 is 0 Å². The zero-order chi connectivity index (χ0) is 20.9. The summed E-state index contributed by atoms with van der Waals surface area (Å²) in [4.78, 5) is 21.5. The van der Waals surface area contributed by atoms with Crippen molar-refractivity contribution in [1.29, 1.82) is 0 Å². The van der Waals surface area contributed by atoms with Crippen LogP contribution in [0.25, 0.3) is 10.9 Å². The van der Waals surface area contributed by atoms with E-state index in [1.807, 2.05) is 18.2 Å². The Bertz CT molecular complexity index is 1140. The Kier molecular flexibility index (Phi) is 4.76. The minimum absolute atomic E-state index is 0.0995. The topological polar surface area (TPSA) is 92.8 Å². The lowest BCUT2D eigenvalue weighted by Gasteiger charge is -2.43. The van der Waals surface area contributed by atoms with Crippen molar-refractivity contribution in [1.82, 2.24) is 19.7 Å². The molecule has 1 atom stereocenters. The first-order valence-corrected chi connectivity index (χ1v) is 11.5. The summed E-state index contributed by atoms with van der Waals surface area (Å²) in [6.07, 6.45) is 8.14. The molecule has 8 heteroatoms. The quantitative estimate of drug-likeness (QED) is 0.664. The third-order valence-corrected chi connectivity index (χ3v) is 8.47. The van der Waals surface area contributed by atoms with Crippen LogP contribution in [-0.2, 0) is 7.05 Å². The Morgan fingerprint density at radius 3 is 2.80 bits per heavy atom. The molecule has 1 saturated carbocycles. The molecule has 2 aromatic heterocycles. The number of piperidine rings is 1. The number of benzene rings is 1. The number of rotatable bonds is 3. The zero-order valence-corrected chi connectivity index (χ0v) is 18.3. The first kappa shape index (κ1) is 19.5. The molecular formula is C22H28N6OS. The summed E-state index contributed by atoms with van der Waals surface area (Å²) < 4.78 is 1.66. The van der Waals surface area contributed by atoms with Gasteiger partial charge in [0.1, 0.15) is 10.7 Å². The molecular weight excluding hydrogens is 396 g/mol. The minimum atomic E-state index is -0.0995. The van der Waals surface area contributed by atoms with E-state index >= 15 is 0 Å². The van der Waals surface area contributed by atoms with Gasteiger partial charge >= 0.3 is 0 Å². The summed E-state index contributed by atoms with van der Waals surface area (Å²) in [5.74, 6) is 1.78. The van der Waals surface area contributed by atoms with Gasteiger partial charge in [0, 0.05) is 30.4 Å². The SMILES string of the molecule is C[C@@H]1CCCC12CCN(c1nc(N)c(Sc3cccc4[nH]ncc34)c(=O)n1C)CC2. The van der Waals surface area contributed by atoms with Crippen LogP contribution < -0.4 is 16.2 Å². The van der Waals surface area contributed by atoms with Gasteiger partial charge in [-0.15, -0.1) is 0 Å². The molecule has 1 aromatic carbocycles. The molecule has 2 aliphatic rings. The molecule has 7 nitrogen and oxygen atoms in total. The number of H-pyrrole nitrogens is 1. The van der Waals surface area contributed by atoms with Crippen molar-refractivity contribution in [3.8, 4) is 0 Å². The number of hydrogen-bond acceptors (Lipinski definition) is 6. The highest BCUT2D eigenvalue weighted by Crippen LogP contribution is 2.50. The first-order valence-electron chi connectivity index (χ1n) is 10.7. The fraction of sp³-hybridized carbons (Fsp3) is 0.500. The molecule has 2 fully saturated rings. The first-order chi connectivity index (χ1) is 14.5. The van der Waals surface area contributed by atoms with Crippen LogP contribution in [0.5, 0.6) is 0 Å². The van der Waals surface area contributed by atoms with E-state index in [1.54, 1.807) is 17.8 Å². The Morgan fingerprint density at radius 1 is 1.27 bits per heavy atom. The van der Waals surface area contributed by atoms with Crippen molar-refractivity contribution in [2.45, 2.75) is 48.8 Å². The van der Waals surface area contributed by atoms with Gasteiger partial charge in [-0.05, 0) is 42.7 Å². The third-order valence-electron chi connectivity index (χ3n) is 7.31. The van der Waals surface area contributed by atoms with Crippen LogP contribution in [0.15, 0.2) is 39.0 Å². The molecule has 0 amide bonds. The third kappa shape index (κ3) is 3.09. The van der Waals surface area contributed by atoms with Gasteiger partial charge in [-0.2, -0.15) is 10.1 Å². The van der Waals surface area contributed by atoms with Crippen molar-refractivity contribution in [2.24, 2.45) is 18.4 Å². The van der Waals surface area contributed by atoms with Crippen LogP contribution in [0.3, 0.4) is 0 Å². The number of nitrogens with zero attached hydrogens (tertiary/aromatic N) is 4. The summed E-state index contributed by atoms with van der Waals surface area (Å²) in [6.45, 7) is 4.27. The van der Waals surface area contributed by atoms with E-state index in [0.29, 0.717) is 22.1 Å². The fourth-order valence-electron chi connectivity index (χ4n) is 5.31. The summed E-state index contributed by atoms with van der Waals surface area (Å²) in [7, 11) is 1.80. The van der Waals surface area contributed by atoms with E-state index in [-0.39, 0.29) is 5.56 Å². The highest BCUT2D eigenvalue weighted by molar-refractivity contribution is 7.99. The predicted molar refractivity (Wildman–Crippen MR) is 121 cm³/mol. The van der Waals surface area contributed by atoms with Crippen LogP contribution >= 0.6 is 11.8 Å². The van der Waals surface area contributed by atoms with E-state index in [0.717, 1.165) is 34.8 Å². The zero-order valence-electron chi connectivity index (χ0n) is 17.5. The summed E-state index contributed by atoms with van der Waals surface area (Å²) in [6, 6.07) is 5.88. The normalized spacial score (nSPS) is 21.0. The Labute approximate surface area is 180 Å². The predicted octanol–water partition coefficient (Wildman–Crippen LogP) is 3.80. The van der Waals surface area contributed by atoms with Crippen LogP contribution in [0.1, 0.15) is 39.0 Å². The molecule has 0 radical (unpaired) electrons. The van der Waals surface area contributed by atoms with Crippen molar-refractivity contribution in [2.75, 3.05) is 23.7 Å². The van der Waals surface area contributed by atoms with Gasteiger partial charge < -0.3 is 10.6 Å². The van der Waals surface area contributed by atoms with E-state index in [9.17, 15) is 4.79 Å². The lowest BCUT2D eigenvalue weighted by atomic mass is 9.71. The standard InChI is InChI=1S/C22H28N6OS/c1-14-5-4-8-22(14)9-11-28(12-10-22)21-25-19(23)18(20(29)27(21)2)30-17-7-3-6-16-15(17)13-24-26-16/h3,6-7,13-14H,4-5,8-12,23H2,1-2H3,(H,24,26)/t14-/m1/s1. The summed E-state index contributed by atoms with van der Waals surface area (Å²) in [5.41, 5.74) is 7.63. The number of nitrogen functional groups attached to an aromatic ring is 1. The van der Waals surface area contributed by atoms with Crippen molar-refractivity contribution < 1.29 is 0 Å². The average molecular weight is 425 g/mol. The lowest BCUT2D eigenvalue weighted by Crippen LogP contribution is -2.44. The molecule has 3 N–H and O–H groups in total. The molecule has 1 aliphatic heterocycles. The Hall–Kier alpha value is -2.48. The second-order valence-corrected chi connectivity index (χ2v) is 9.87. The maximum Gasteiger partial charge on any atom is 0.270 e. The number of aromatic amines is 1. The van der Waals surface area contributed by atoms with E-state index in [2.05, 4.69) is 27.0 Å². The second kappa shape index (κ2) is 7.34. The van der Waals surface area contributed by atoms with Crippen LogP contribution in [0.4, 0.5) is 11.8 Å². The average Bonchev–Trinajstić information content (AvgIpc) is 3.36. The molecule has 3 aromatic rings. The smallest absolute Gasteiger partial charge is 0.270 e. The molecule has 0 bridgehead atoms. The molecule has 5 rings (SSSR count). The molecule has 30 heavy (non-hydrogen) atoms. The van der Waals surface area contributed by atoms with Crippen molar-refractivity contribution in [3.05, 3.63) is 34.7 Å². The molecule has 0 unspecified atom stereocenters. The minimum Gasteiger partial charge on any atom is -0.382 e. The summed E-state index contributed by atoms with van der Waals surface area (Å²) in [5, 5.41) is 8.04. The van der Waals surface area contributed by atoms with E-state index in [4.69, 9.17) is 5.73 Å². The Balaban J connectivity index is 1.43.